The molecule has 0 bridgehead atoms. The molecule has 37 heavy (non-hydrogen) atoms. The molecule has 0 aliphatic heterocycles. The Bertz CT molecular complexity index is 2220. The summed E-state index contributed by atoms with van der Waals surface area (Å²) in [7, 11) is 0. The number of hydrogen-bond acceptors (Lipinski definition) is 0. The Balaban J connectivity index is 1.44. The van der Waals surface area contributed by atoms with E-state index in [-0.39, 0.29) is 0 Å². The highest BCUT2D eigenvalue weighted by Crippen LogP contribution is 2.49. The maximum Gasteiger partial charge on any atom is 0.0547 e. The van der Waals surface area contributed by atoms with Gasteiger partial charge in [-0.2, -0.15) is 0 Å². The Hall–Kier alpha value is -4.88. The minimum atomic E-state index is 1.24. The first-order chi connectivity index (χ1) is 18.4. The number of nitrogens with zero attached hydrogens (tertiary/aromatic N) is 1. The van der Waals surface area contributed by atoms with Gasteiger partial charge in [0.25, 0.3) is 0 Å². The van der Waals surface area contributed by atoms with Crippen molar-refractivity contribution in [2.75, 3.05) is 0 Å². The Morgan fingerprint density at radius 1 is 0.351 bits per heavy atom. The maximum atomic E-state index is 2.48. The second kappa shape index (κ2) is 6.87. The van der Waals surface area contributed by atoms with Crippen molar-refractivity contribution in [3.63, 3.8) is 0 Å². The van der Waals surface area contributed by atoms with Crippen LogP contribution < -0.4 is 0 Å². The summed E-state index contributed by atoms with van der Waals surface area (Å²) in [4.78, 5) is 0. The topological polar surface area (TPSA) is 4.93 Å². The predicted molar refractivity (Wildman–Crippen MR) is 158 cm³/mol. The zero-order valence-corrected chi connectivity index (χ0v) is 20.1. The van der Waals surface area contributed by atoms with Gasteiger partial charge in [-0.25, -0.2) is 0 Å². The molecule has 1 aliphatic carbocycles. The summed E-state index contributed by atoms with van der Waals surface area (Å²) in [6, 6.07) is 47.0. The Morgan fingerprint density at radius 2 is 1.03 bits per heavy atom. The highest BCUT2D eigenvalue weighted by molar-refractivity contribution is 6.21. The Labute approximate surface area is 213 Å². The standard InChI is InChI=1S/C36H21N/c1-2-9-24-22(8-1)16-17-23-20-35-32(21-31(23)24)27-12-5-6-15-33(27)37(35)34-19-18-29-26-11-4-3-10-25(26)28-13-7-14-30(34)36(28)29/h1-21H. The minimum absolute atomic E-state index is 1.24. The van der Waals surface area contributed by atoms with Crippen LogP contribution in [0.15, 0.2) is 127 Å². The first-order valence-electron chi connectivity index (χ1n) is 12.9. The number of para-hydroxylation sites is 1. The lowest BCUT2D eigenvalue weighted by Gasteiger charge is -2.14. The van der Waals surface area contributed by atoms with Crippen molar-refractivity contribution in [1.82, 2.24) is 4.57 Å². The fourth-order valence-corrected chi connectivity index (χ4v) is 6.72. The van der Waals surface area contributed by atoms with E-state index in [0.717, 1.165) is 0 Å². The van der Waals surface area contributed by atoms with Gasteiger partial charge in [0, 0.05) is 16.2 Å². The van der Waals surface area contributed by atoms with E-state index in [2.05, 4.69) is 132 Å². The van der Waals surface area contributed by atoms with Crippen LogP contribution >= 0.6 is 0 Å². The summed E-state index contributed by atoms with van der Waals surface area (Å²) in [5.74, 6) is 0. The smallest absolute Gasteiger partial charge is 0.0547 e. The summed E-state index contributed by atoms with van der Waals surface area (Å²) < 4.78 is 2.48. The molecule has 0 fully saturated rings. The van der Waals surface area contributed by atoms with Gasteiger partial charge >= 0.3 is 0 Å². The van der Waals surface area contributed by atoms with Gasteiger partial charge in [0.05, 0.1) is 16.7 Å². The SMILES string of the molecule is c1ccc2c(c1)-c1cccc3c(-n4c5ccccc5c5cc6c(ccc7ccccc76)cc54)ccc-2c13. The van der Waals surface area contributed by atoms with Crippen LogP contribution in [-0.2, 0) is 0 Å². The van der Waals surface area contributed by atoms with E-state index in [1.807, 2.05) is 0 Å². The lowest BCUT2D eigenvalue weighted by atomic mass is 9.99. The van der Waals surface area contributed by atoms with Gasteiger partial charge in [0.2, 0.25) is 0 Å². The number of aromatic nitrogens is 1. The highest BCUT2D eigenvalue weighted by atomic mass is 15.0. The van der Waals surface area contributed by atoms with Crippen molar-refractivity contribution >= 4 is 54.1 Å². The average molecular weight is 468 g/mol. The molecule has 0 N–H and O–H groups in total. The van der Waals surface area contributed by atoms with Crippen LogP contribution in [0.5, 0.6) is 0 Å². The van der Waals surface area contributed by atoms with Crippen LogP contribution in [0.4, 0.5) is 0 Å². The summed E-state index contributed by atoms with van der Waals surface area (Å²) in [5, 5.41) is 10.4. The van der Waals surface area contributed by atoms with E-state index in [1.54, 1.807) is 0 Å². The number of rotatable bonds is 1. The molecule has 1 heterocycles. The van der Waals surface area contributed by atoms with Gasteiger partial charge in [-0.3, -0.25) is 0 Å². The van der Waals surface area contributed by atoms with Crippen LogP contribution in [0.3, 0.4) is 0 Å². The molecule has 7 aromatic carbocycles. The van der Waals surface area contributed by atoms with Crippen molar-refractivity contribution in [3.05, 3.63) is 127 Å². The third kappa shape index (κ3) is 2.43. The van der Waals surface area contributed by atoms with Gasteiger partial charge < -0.3 is 4.57 Å². The predicted octanol–water partition coefficient (Wildman–Crippen LogP) is 9.89. The van der Waals surface area contributed by atoms with Crippen molar-refractivity contribution in [2.24, 2.45) is 0 Å². The largest absolute Gasteiger partial charge is 0.309 e. The summed E-state index contributed by atoms with van der Waals surface area (Å²) in [6.45, 7) is 0. The molecule has 0 amide bonds. The van der Waals surface area contributed by atoms with Crippen LogP contribution in [0.25, 0.3) is 82.1 Å². The third-order valence-corrected chi connectivity index (χ3v) is 8.30. The molecule has 9 rings (SSSR count). The van der Waals surface area contributed by atoms with E-state index >= 15 is 0 Å². The van der Waals surface area contributed by atoms with Gasteiger partial charge in [-0.1, -0.05) is 103 Å². The molecule has 1 aromatic heterocycles. The van der Waals surface area contributed by atoms with Crippen molar-refractivity contribution in [3.8, 4) is 27.9 Å². The van der Waals surface area contributed by atoms with Crippen molar-refractivity contribution < 1.29 is 0 Å². The molecule has 8 aromatic rings. The lowest BCUT2D eigenvalue weighted by Crippen LogP contribution is -1.96. The first-order valence-corrected chi connectivity index (χ1v) is 12.9. The molecule has 0 radical (unpaired) electrons. The second-order valence-corrected chi connectivity index (χ2v) is 10.1. The molecule has 0 spiro atoms. The number of fused-ring (bicyclic) bond motifs is 9. The first kappa shape index (κ1) is 19.3. The Morgan fingerprint density at radius 3 is 1.92 bits per heavy atom. The van der Waals surface area contributed by atoms with E-state index < -0.39 is 0 Å². The van der Waals surface area contributed by atoms with Gasteiger partial charge in [0.15, 0.2) is 0 Å². The van der Waals surface area contributed by atoms with Gasteiger partial charge in [-0.05, 0) is 73.5 Å². The van der Waals surface area contributed by atoms with Gasteiger partial charge in [-0.15, -0.1) is 0 Å². The molecular weight excluding hydrogens is 446 g/mol. The van der Waals surface area contributed by atoms with Gasteiger partial charge in [0.1, 0.15) is 0 Å². The van der Waals surface area contributed by atoms with Crippen LogP contribution in [-0.4, -0.2) is 4.57 Å². The molecule has 1 aliphatic rings. The highest BCUT2D eigenvalue weighted by Gasteiger charge is 2.23. The molecule has 170 valence electrons. The van der Waals surface area contributed by atoms with Crippen molar-refractivity contribution in [2.45, 2.75) is 0 Å². The number of benzene rings is 7. The van der Waals surface area contributed by atoms with Crippen molar-refractivity contribution in [1.29, 1.82) is 0 Å². The molecule has 1 nitrogen and oxygen atoms in total. The normalized spacial score (nSPS) is 12.3. The number of hydrogen-bond donors (Lipinski definition) is 0. The minimum Gasteiger partial charge on any atom is -0.309 e. The Kier molecular flexibility index (Phi) is 3.59. The second-order valence-electron chi connectivity index (χ2n) is 10.1. The third-order valence-electron chi connectivity index (χ3n) is 8.30. The van der Waals surface area contributed by atoms with Crippen LogP contribution in [0.1, 0.15) is 0 Å². The van der Waals surface area contributed by atoms with E-state index in [1.165, 1.54) is 82.1 Å². The monoisotopic (exact) mass is 467 g/mol. The lowest BCUT2D eigenvalue weighted by molar-refractivity contribution is 1.20. The molecule has 0 saturated carbocycles. The average Bonchev–Trinajstić information content (AvgIpc) is 3.46. The zero-order valence-electron chi connectivity index (χ0n) is 20.1. The van der Waals surface area contributed by atoms with E-state index in [0.29, 0.717) is 0 Å². The molecule has 0 atom stereocenters. The maximum absolute atomic E-state index is 2.48. The van der Waals surface area contributed by atoms with E-state index in [4.69, 9.17) is 0 Å². The summed E-state index contributed by atoms with van der Waals surface area (Å²) in [6.07, 6.45) is 0. The molecule has 0 unspecified atom stereocenters. The summed E-state index contributed by atoms with van der Waals surface area (Å²) in [5.41, 5.74) is 9.07. The van der Waals surface area contributed by atoms with E-state index in [9.17, 15) is 0 Å². The molecular formula is C36H21N. The quantitative estimate of drug-likeness (QED) is 0.212. The molecule has 1 heteroatoms. The van der Waals surface area contributed by atoms with Crippen LogP contribution in [0.2, 0.25) is 0 Å². The van der Waals surface area contributed by atoms with Crippen LogP contribution in [0, 0.1) is 0 Å². The molecule has 0 saturated heterocycles. The zero-order chi connectivity index (χ0) is 24.1. The fraction of sp³-hybridized carbons (Fsp3) is 0. The fourth-order valence-electron chi connectivity index (χ4n) is 6.72. The summed E-state index contributed by atoms with van der Waals surface area (Å²) >= 11 is 0.